The molecule has 3 aromatic heterocycles. The number of nitrogens with zero attached hydrogens (tertiary/aromatic N) is 6. The molecule has 0 amide bonds. The van der Waals surface area contributed by atoms with E-state index in [1.54, 1.807) is 6.07 Å². The minimum absolute atomic E-state index is 0.0376. The molecule has 0 aliphatic carbocycles. The number of methoxy groups -OCH3 is 1. The van der Waals surface area contributed by atoms with Crippen LogP contribution in [0.2, 0.25) is 0 Å². The number of fused-ring (bicyclic) bond motifs is 1. The van der Waals surface area contributed by atoms with Gasteiger partial charge < -0.3 is 19.8 Å². The summed E-state index contributed by atoms with van der Waals surface area (Å²) in [6, 6.07) is 3.75. The number of carbonyl (C=O) groups excluding carboxylic acids is 1. The number of ether oxygens (including phenoxy) is 1. The summed E-state index contributed by atoms with van der Waals surface area (Å²) in [6.45, 7) is 2.72. The number of hydrogen-bond donors (Lipinski definition) is 1. The van der Waals surface area contributed by atoms with Crippen LogP contribution in [0.1, 0.15) is 0 Å². The SMILES string of the molecule is COc1ncc(-c2cc3c(N4CCNCC4)ncnc3cn2)cc1N(OC(=O)C(F)(F)F)S(=O)(=O)c1ccc(F)cc1F. The van der Waals surface area contributed by atoms with Crippen LogP contribution in [0.25, 0.3) is 22.2 Å². The Labute approximate surface area is 240 Å². The van der Waals surface area contributed by atoms with Crippen LogP contribution in [-0.4, -0.2) is 73.8 Å². The Hall–Kier alpha value is -4.71. The number of benzene rings is 1. The van der Waals surface area contributed by atoms with Gasteiger partial charge in [-0.25, -0.2) is 28.5 Å². The standard InChI is InChI=1S/C25H20F5N7O5S/c1-41-23-20(37(42-24(38)25(28,29)30)43(39,40)21-3-2-15(26)9-17(21)27)8-14(11-33-23)18-10-16-19(12-32-18)34-13-35-22(16)36-6-4-31-5-7-36/h2-3,8-13,31H,4-7H2,1H3. The predicted octanol–water partition coefficient (Wildman–Crippen LogP) is 3.00. The minimum atomic E-state index is -5.66. The van der Waals surface area contributed by atoms with E-state index in [0.29, 0.717) is 55.0 Å². The van der Waals surface area contributed by atoms with Gasteiger partial charge in [-0.05, 0) is 24.3 Å². The Morgan fingerprint density at radius 2 is 1.77 bits per heavy atom. The maximum Gasteiger partial charge on any atom is 0.493 e. The zero-order chi connectivity index (χ0) is 30.9. The molecule has 1 aliphatic heterocycles. The molecule has 1 aliphatic rings. The number of pyridine rings is 2. The highest BCUT2D eigenvalue weighted by Crippen LogP contribution is 2.37. The fraction of sp³-hybridized carbons (Fsp3) is 0.240. The van der Waals surface area contributed by atoms with Crippen LogP contribution in [0.15, 0.2) is 53.9 Å². The third-order valence-corrected chi connectivity index (χ3v) is 7.82. The predicted molar refractivity (Wildman–Crippen MR) is 140 cm³/mol. The topological polar surface area (TPSA) is 140 Å². The van der Waals surface area contributed by atoms with Crippen LogP contribution in [0.5, 0.6) is 5.88 Å². The molecule has 1 aromatic carbocycles. The zero-order valence-electron chi connectivity index (χ0n) is 22.0. The van der Waals surface area contributed by atoms with E-state index >= 15 is 0 Å². The van der Waals surface area contributed by atoms with Gasteiger partial charge in [-0.1, -0.05) is 4.47 Å². The van der Waals surface area contributed by atoms with Gasteiger partial charge in [0.25, 0.3) is 10.0 Å². The van der Waals surface area contributed by atoms with Crippen LogP contribution >= 0.6 is 0 Å². The molecule has 4 aromatic rings. The second kappa shape index (κ2) is 11.5. The van der Waals surface area contributed by atoms with Gasteiger partial charge in [0, 0.05) is 49.4 Å². The van der Waals surface area contributed by atoms with Crippen LogP contribution in [0.3, 0.4) is 0 Å². The molecule has 0 spiro atoms. The lowest BCUT2D eigenvalue weighted by Crippen LogP contribution is -2.44. The summed E-state index contributed by atoms with van der Waals surface area (Å²) in [4.78, 5) is 33.7. The lowest BCUT2D eigenvalue weighted by molar-refractivity contribution is -0.199. The molecular weight excluding hydrogens is 605 g/mol. The molecule has 1 fully saturated rings. The molecule has 0 unspecified atom stereocenters. The van der Waals surface area contributed by atoms with E-state index in [-0.39, 0.29) is 17.3 Å². The summed E-state index contributed by atoms with van der Waals surface area (Å²) < 4.78 is 99.2. The number of piperazine rings is 1. The summed E-state index contributed by atoms with van der Waals surface area (Å²) in [5.74, 6) is -5.80. The monoisotopic (exact) mass is 625 g/mol. The molecule has 226 valence electrons. The van der Waals surface area contributed by atoms with Crippen molar-refractivity contribution in [2.24, 2.45) is 0 Å². The summed E-state index contributed by atoms with van der Waals surface area (Å²) in [7, 11) is -4.45. The van der Waals surface area contributed by atoms with Crippen molar-refractivity contribution in [3.05, 3.63) is 60.7 Å². The number of nitrogens with one attached hydrogen (secondary N) is 1. The Morgan fingerprint density at radius 1 is 1.02 bits per heavy atom. The highest BCUT2D eigenvalue weighted by atomic mass is 32.2. The maximum absolute atomic E-state index is 14.6. The van der Waals surface area contributed by atoms with Crippen molar-refractivity contribution in [1.29, 1.82) is 0 Å². The fourth-order valence-electron chi connectivity index (χ4n) is 4.23. The number of hydrogen-bond acceptors (Lipinski definition) is 11. The quantitative estimate of drug-likeness (QED) is 0.240. The third kappa shape index (κ3) is 5.96. The first-order valence-corrected chi connectivity index (χ1v) is 13.7. The smallest absolute Gasteiger partial charge is 0.479 e. The summed E-state index contributed by atoms with van der Waals surface area (Å²) in [5.41, 5.74) is -0.169. The molecule has 43 heavy (non-hydrogen) atoms. The number of sulfonamides is 1. The van der Waals surface area contributed by atoms with Gasteiger partial charge in [-0.2, -0.15) is 21.6 Å². The van der Waals surface area contributed by atoms with Gasteiger partial charge in [-0.15, -0.1) is 0 Å². The van der Waals surface area contributed by atoms with E-state index < -0.39 is 54.7 Å². The van der Waals surface area contributed by atoms with Crippen molar-refractivity contribution >= 4 is 38.4 Å². The van der Waals surface area contributed by atoms with Crippen molar-refractivity contribution in [3.8, 4) is 17.1 Å². The van der Waals surface area contributed by atoms with E-state index in [9.17, 15) is 35.2 Å². The number of aromatic nitrogens is 4. The average Bonchev–Trinajstić information content (AvgIpc) is 2.98. The van der Waals surface area contributed by atoms with Crippen molar-refractivity contribution in [2.75, 3.05) is 42.7 Å². The first-order chi connectivity index (χ1) is 20.4. The normalized spacial score (nSPS) is 14.0. The van der Waals surface area contributed by atoms with Crippen LogP contribution in [0.4, 0.5) is 33.5 Å². The van der Waals surface area contributed by atoms with Gasteiger partial charge in [0.15, 0.2) is 5.69 Å². The van der Waals surface area contributed by atoms with Crippen LogP contribution in [0, 0.1) is 11.6 Å². The van der Waals surface area contributed by atoms with Gasteiger partial charge >= 0.3 is 12.1 Å². The lowest BCUT2D eigenvalue weighted by atomic mass is 10.1. The molecule has 0 atom stereocenters. The molecule has 5 rings (SSSR count). The number of alkyl halides is 3. The van der Waals surface area contributed by atoms with Crippen molar-refractivity contribution < 1.29 is 44.7 Å². The summed E-state index contributed by atoms with van der Waals surface area (Å²) in [5, 5.41) is 3.79. The Morgan fingerprint density at radius 3 is 2.44 bits per heavy atom. The molecule has 4 heterocycles. The Balaban J connectivity index is 1.66. The molecule has 18 heteroatoms. The highest BCUT2D eigenvalue weighted by molar-refractivity contribution is 7.92. The average molecular weight is 626 g/mol. The minimum Gasteiger partial charge on any atom is -0.479 e. The Bertz CT molecular complexity index is 1800. The van der Waals surface area contributed by atoms with Gasteiger partial charge in [0.1, 0.15) is 28.7 Å². The zero-order valence-corrected chi connectivity index (χ0v) is 22.8. The third-order valence-electron chi connectivity index (χ3n) is 6.22. The second-order valence-corrected chi connectivity index (χ2v) is 10.7. The molecule has 0 saturated carbocycles. The first kappa shape index (κ1) is 29.8. The molecule has 1 N–H and O–H groups in total. The molecule has 1 saturated heterocycles. The van der Waals surface area contributed by atoms with E-state index in [0.717, 1.165) is 13.2 Å². The van der Waals surface area contributed by atoms with Crippen molar-refractivity contribution in [1.82, 2.24) is 25.3 Å². The first-order valence-electron chi connectivity index (χ1n) is 12.3. The molecule has 12 nitrogen and oxygen atoms in total. The fourth-order valence-corrected chi connectivity index (χ4v) is 5.51. The van der Waals surface area contributed by atoms with E-state index in [4.69, 9.17) is 4.74 Å². The van der Waals surface area contributed by atoms with Crippen LogP contribution in [-0.2, 0) is 19.7 Å². The van der Waals surface area contributed by atoms with E-state index in [1.807, 2.05) is 4.90 Å². The van der Waals surface area contributed by atoms with Gasteiger partial charge in [-0.3, -0.25) is 4.98 Å². The van der Waals surface area contributed by atoms with E-state index in [2.05, 4.69) is 30.1 Å². The maximum atomic E-state index is 14.6. The second-order valence-electron chi connectivity index (χ2n) is 8.96. The number of rotatable bonds is 7. The lowest BCUT2D eigenvalue weighted by Gasteiger charge is -2.29. The number of halogens is 5. The number of anilines is 2. The highest BCUT2D eigenvalue weighted by Gasteiger charge is 2.46. The largest absolute Gasteiger partial charge is 0.493 e. The van der Waals surface area contributed by atoms with Gasteiger partial charge in [0.05, 0.1) is 24.5 Å². The molecule has 0 bridgehead atoms. The van der Waals surface area contributed by atoms with Crippen molar-refractivity contribution in [3.63, 3.8) is 0 Å². The number of carbonyl (C=O) groups is 1. The van der Waals surface area contributed by atoms with E-state index in [1.165, 1.54) is 18.7 Å². The summed E-state index contributed by atoms with van der Waals surface area (Å²) >= 11 is 0. The van der Waals surface area contributed by atoms with Crippen LogP contribution < -0.4 is 19.4 Å². The summed E-state index contributed by atoms with van der Waals surface area (Å²) in [6.07, 6.45) is -1.69. The molecule has 0 radical (unpaired) electrons. The molecular formula is C25H20F5N7O5S. The Kier molecular flexibility index (Phi) is 7.98. The van der Waals surface area contributed by atoms with Gasteiger partial charge in [0.2, 0.25) is 5.88 Å². The van der Waals surface area contributed by atoms with Crippen molar-refractivity contribution in [2.45, 2.75) is 11.1 Å².